The maximum atomic E-state index is 11.2. The first kappa shape index (κ1) is 11.3. The fourth-order valence-corrected chi connectivity index (χ4v) is 1.10. The van der Waals surface area contributed by atoms with Crippen molar-refractivity contribution in [2.75, 3.05) is 24.8 Å². The third-order valence-corrected chi connectivity index (χ3v) is 1.87. The molecule has 1 amide bonds. The van der Waals surface area contributed by atoms with Gasteiger partial charge in [-0.15, -0.1) is 0 Å². The van der Waals surface area contributed by atoms with Gasteiger partial charge in [-0.2, -0.15) is 0 Å². The van der Waals surface area contributed by atoms with Crippen LogP contribution in [0.2, 0.25) is 0 Å². The minimum Gasteiger partial charge on any atom is -0.497 e. The van der Waals surface area contributed by atoms with Crippen LogP contribution in [0.3, 0.4) is 0 Å². The predicted octanol–water partition coefficient (Wildman–Crippen LogP) is 0.598. The first-order valence-electron chi connectivity index (χ1n) is 4.51. The van der Waals surface area contributed by atoms with E-state index in [1.165, 1.54) is 0 Å². The van der Waals surface area contributed by atoms with E-state index in [0.29, 0.717) is 17.1 Å². The summed E-state index contributed by atoms with van der Waals surface area (Å²) in [6.07, 6.45) is 0.0610. The molecule has 0 radical (unpaired) electrons. The SMILES string of the molecule is COc1ccc(NC(=O)CCO)c(N)c1. The van der Waals surface area contributed by atoms with Gasteiger partial charge in [-0.05, 0) is 12.1 Å². The zero-order valence-electron chi connectivity index (χ0n) is 8.49. The highest BCUT2D eigenvalue weighted by atomic mass is 16.5. The second-order valence-corrected chi connectivity index (χ2v) is 2.97. The molecular formula is C10H14N2O3. The first-order chi connectivity index (χ1) is 7.17. The number of nitrogens with two attached hydrogens (primary N) is 1. The maximum absolute atomic E-state index is 11.2. The standard InChI is InChI=1S/C10H14N2O3/c1-15-7-2-3-9(8(11)6-7)12-10(14)4-5-13/h2-3,6,13H,4-5,11H2,1H3,(H,12,14). The number of amides is 1. The molecule has 0 spiro atoms. The summed E-state index contributed by atoms with van der Waals surface area (Å²) in [5.41, 5.74) is 6.64. The van der Waals surface area contributed by atoms with Crippen molar-refractivity contribution in [3.05, 3.63) is 18.2 Å². The Bertz CT molecular complexity index is 353. The van der Waals surface area contributed by atoms with Crippen LogP contribution in [0.4, 0.5) is 11.4 Å². The summed E-state index contributed by atoms with van der Waals surface area (Å²) in [4.78, 5) is 11.2. The van der Waals surface area contributed by atoms with Crippen LogP contribution >= 0.6 is 0 Å². The summed E-state index contributed by atoms with van der Waals surface area (Å²) in [5.74, 6) is 0.363. The van der Waals surface area contributed by atoms with Crippen molar-refractivity contribution in [2.24, 2.45) is 0 Å². The van der Waals surface area contributed by atoms with Crippen molar-refractivity contribution < 1.29 is 14.6 Å². The molecule has 0 bridgehead atoms. The Kier molecular flexibility index (Phi) is 3.93. The smallest absolute Gasteiger partial charge is 0.226 e. The van der Waals surface area contributed by atoms with Crippen molar-refractivity contribution in [1.82, 2.24) is 0 Å². The van der Waals surface area contributed by atoms with Crippen molar-refractivity contribution in [3.63, 3.8) is 0 Å². The number of hydrogen-bond donors (Lipinski definition) is 3. The number of aliphatic hydroxyl groups excluding tert-OH is 1. The predicted molar refractivity (Wildman–Crippen MR) is 57.7 cm³/mol. The number of carbonyl (C=O) groups excluding carboxylic acids is 1. The molecule has 0 aliphatic rings. The number of anilines is 2. The minimum absolute atomic E-state index is 0.0610. The maximum Gasteiger partial charge on any atom is 0.226 e. The molecule has 4 N–H and O–H groups in total. The normalized spacial score (nSPS) is 9.73. The lowest BCUT2D eigenvalue weighted by Gasteiger charge is -2.08. The molecule has 5 heteroatoms. The van der Waals surface area contributed by atoms with Gasteiger partial charge in [0.15, 0.2) is 0 Å². The van der Waals surface area contributed by atoms with Crippen LogP contribution in [0.5, 0.6) is 5.75 Å². The van der Waals surface area contributed by atoms with E-state index in [0.717, 1.165) is 0 Å². The van der Waals surface area contributed by atoms with Gasteiger partial charge in [-0.25, -0.2) is 0 Å². The summed E-state index contributed by atoms with van der Waals surface area (Å²) >= 11 is 0. The summed E-state index contributed by atoms with van der Waals surface area (Å²) in [6.45, 7) is -0.179. The molecule has 1 rings (SSSR count). The third kappa shape index (κ3) is 3.14. The van der Waals surface area contributed by atoms with Crippen LogP contribution in [0, 0.1) is 0 Å². The quantitative estimate of drug-likeness (QED) is 0.635. The Labute approximate surface area is 87.9 Å². The van der Waals surface area contributed by atoms with Gasteiger partial charge in [0, 0.05) is 6.07 Å². The van der Waals surface area contributed by atoms with Gasteiger partial charge in [-0.3, -0.25) is 4.79 Å². The Hall–Kier alpha value is -1.75. The molecule has 82 valence electrons. The van der Waals surface area contributed by atoms with Crippen molar-refractivity contribution in [2.45, 2.75) is 6.42 Å². The van der Waals surface area contributed by atoms with E-state index in [9.17, 15) is 4.79 Å². The average molecular weight is 210 g/mol. The fraction of sp³-hybridized carbons (Fsp3) is 0.300. The number of benzene rings is 1. The molecule has 1 aromatic carbocycles. The number of hydrogen-bond acceptors (Lipinski definition) is 4. The van der Waals surface area contributed by atoms with E-state index in [1.54, 1.807) is 25.3 Å². The highest BCUT2D eigenvalue weighted by Gasteiger charge is 2.05. The van der Waals surface area contributed by atoms with Gasteiger partial charge < -0.3 is 20.9 Å². The van der Waals surface area contributed by atoms with E-state index in [1.807, 2.05) is 0 Å². The van der Waals surface area contributed by atoms with E-state index < -0.39 is 0 Å². The van der Waals surface area contributed by atoms with Crippen LogP contribution in [-0.2, 0) is 4.79 Å². The summed E-state index contributed by atoms with van der Waals surface area (Å²) in [7, 11) is 1.54. The Morgan fingerprint density at radius 1 is 1.60 bits per heavy atom. The average Bonchev–Trinajstić information content (AvgIpc) is 2.21. The number of ether oxygens (including phenoxy) is 1. The van der Waals surface area contributed by atoms with E-state index >= 15 is 0 Å². The van der Waals surface area contributed by atoms with E-state index in [-0.39, 0.29) is 18.9 Å². The number of rotatable bonds is 4. The lowest BCUT2D eigenvalue weighted by atomic mass is 10.2. The van der Waals surface area contributed by atoms with Gasteiger partial charge in [0.25, 0.3) is 0 Å². The molecule has 0 heterocycles. The molecule has 0 unspecified atom stereocenters. The van der Waals surface area contributed by atoms with Crippen molar-refractivity contribution in [1.29, 1.82) is 0 Å². The lowest BCUT2D eigenvalue weighted by molar-refractivity contribution is -0.116. The zero-order valence-corrected chi connectivity index (χ0v) is 8.49. The van der Waals surface area contributed by atoms with Crippen LogP contribution in [0.15, 0.2) is 18.2 Å². The molecule has 0 fully saturated rings. The van der Waals surface area contributed by atoms with Crippen LogP contribution < -0.4 is 15.8 Å². The molecule has 0 saturated carbocycles. The minimum atomic E-state index is -0.269. The van der Waals surface area contributed by atoms with Crippen molar-refractivity contribution in [3.8, 4) is 5.75 Å². The van der Waals surface area contributed by atoms with Crippen LogP contribution in [-0.4, -0.2) is 24.7 Å². The summed E-state index contributed by atoms with van der Waals surface area (Å²) < 4.78 is 4.97. The first-order valence-corrected chi connectivity index (χ1v) is 4.51. The monoisotopic (exact) mass is 210 g/mol. The molecule has 0 aliphatic heterocycles. The highest BCUT2D eigenvalue weighted by Crippen LogP contribution is 2.23. The van der Waals surface area contributed by atoms with Gasteiger partial charge in [-0.1, -0.05) is 0 Å². The summed E-state index contributed by atoms with van der Waals surface area (Å²) in [5, 5.41) is 11.1. The molecule has 1 aromatic rings. The number of nitrogens with one attached hydrogen (secondary N) is 1. The Morgan fingerprint density at radius 3 is 2.87 bits per heavy atom. The Morgan fingerprint density at radius 2 is 2.33 bits per heavy atom. The molecule has 0 atom stereocenters. The van der Waals surface area contributed by atoms with E-state index in [4.69, 9.17) is 15.6 Å². The van der Waals surface area contributed by atoms with Crippen molar-refractivity contribution >= 4 is 17.3 Å². The number of nitrogen functional groups attached to an aromatic ring is 1. The summed E-state index contributed by atoms with van der Waals surface area (Å²) in [6, 6.07) is 4.98. The van der Waals surface area contributed by atoms with E-state index in [2.05, 4.69) is 5.32 Å². The molecule has 0 aliphatic carbocycles. The second-order valence-electron chi connectivity index (χ2n) is 2.97. The number of methoxy groups -OCH3 is 1. The zero-order chi connectivity index (χ0) is 11.3. The van der Waals surface area contributed by atoms with Gasteiger partial charge in [0.05, 0.1) is 31.5 Å². The van der Waals surface area contributed by atoms with Crippen LogP contribution in [0.1, 0.15) is 6.42 Å². The topological polar surface area (TPSA) is 84.6 Å². The van der Waals surface area contributed by atoms with Gasteiger partial charge in [0.1, 0.15) is 5.75 Å². The molecule has 5 nitrogen and oxygen atoms in total. The third-order valence-electron chi connectivity index (χ3n) is 1.87. The molecule has 0 aromatic heterocycles. The highest BCUT2D eigenvalue weighted by molar-refractivity contribution is 5.94. The second kappa shape index (κ2) is 5.21. The lowest BCUT2D eigenvalue weighted by Crippen LogP contribution is -2.14. The number of carbonyl (C=O) groups is 1. The fourth-order valence-electron chi connectivity index (χ4n) is 1.10. The molecule has 15 heavy (non-hydrogen) atoms. The largest absolute Gasteiger partial charge is 0.497 e. The van der Waals surface area contributed by atoms with Gasteiger partial charge in [0.2, 0.25) is 5.91 Å². The van der Waals surface area contributed by atoms with Gasteiger partial charge >= 0.3 is 0 Å². The number of aliphatic hydroxyl groups is 1. The molecular weight excluding hydrogens is 196 g/mol. The van der Waals surface area contributed by atoms with Crippen LogP contribution in [0.25, 0.3) is 0 Å². The molecule has 0 saturated heterocycles. The Balaban J connectivity index is 2.73.